The molecule has 3 aliphatic carbocycles. The fourth-order valence-corrected chi connectivity index (χ4v) is 7.26. The van der Waals surface area contributed by atoms with Gasteiger partial charge in [-0.25, -0.2) is 0 Å². The van der Waals surface area contributed by atoms with Gasteiger partial charge in [-0.05, 0) is 67.8 Å². The number of nitrogens with one attached hydrogen (secondary N) is 3. The monoisotopic (exact) mass is 526 g/mol. The van der Waals surface area contributed by atoms with Crippen molar-refractivity contribution in [1.82, 2.24) is 20.9 Å². The molecule has 6 atom stereocenters. The molecule has 4 amide bonds. The molecule has 0 unspecified atom stereocenters. The first-order valence-electron chi connectivity index (χ1n) is 14.5. The minimum absolute atomic E-state index is 0.00244. The van der Waals surface area contributed by atoms with Crippen LogP contribution in [0.15, 0.2) is 12.7 Å². The van der Waals surface area contributed by atoms with E-state index in [0.29, 0.717) is 19.5 Å². The lowest BCUT2D eigenvalue weighted by atomic mass is 9.83. The van der Waals surface area contributed by atoms with Crippen LogP contribution in [0.1, 0.15) is 71.6 Å². The van der Waals surface area contributed by atoms with Gasteiger partial charge >= 0.3 is 0 Å². The van der Waals surface area contributed by atoms with Crippen LogP contribution < -0.4 is 16.0 Å². The Labute approximate surface area is 224 Å². The van der Waals surface area contributed by atoms with Crippen LogP contribution in [-0.4, -0.2) is 65.5 Å². The summed E-state index contributed by atoms with van der Waals surface area (Å²) in [6.07, 6.45) is 8.74. The van der Waals surface area contributed by atoms with Crippen molar-refractivity contribution >= 4 is 29.4 Å². The minimum atomic E-state index is -0.865. The third-order valence-corrected chi connectivity index (χ3v) is 9.94. The van der Waals surface area contributed by atoms with E-state index in [1.165, 1.54) is 6.08 Å². The summed E-state index contributed by atoms with van der Waals surface area (Å²) < 4.78 is 0. The summed E-state index contributed by atoms with van der Waals surface area (Å²) in [5, 5.41) is 8.77. The maximum atomic E-state index is 14.1. The zero-order valence-corrected chi connectivity index (χ0v) is 22.7. The van der Waals surface area contributed by atoms with Gasteiger partial charge in [0.05, 0.1) is 6.04 Å². The van der Waals surface area contributed by atoms with Gasteiger partial charge in [0, 0.05) is 24.9 Å². The Hall–Kier alpha value is -2.71. The van der Waals surface area contributed by atoms with Crippen LogP contribution in [0.3, 0.4) is 0 Å². The first-order valence-corrected chi connectivity index (χ1v) is 14.5. The van der Waals surface area contributed by atoms with Gasteiger partial charge in [-0.15, -0.1) is 0 Å². The first-order chi connectivity index (χ1) is 18.1. The molecule has 5 rings (SSSR count). The number of rotatable bonds is 10. The molecule has 5 aliphatic rings. The highest BCUT2D eigenvalue weighted by Gasteiger charge is 2.69. The highest BCUT2D eigenvalue weighted by atomic mass is 16.2. The number of nitrogens with zero attached hydrogens (tertiary/aromatic N) is 1. The summed E-state index contributed by atoms with van der Waals surface area (Å²) in [5.74, 6) is -1.10. The molecule has 0 radical (unpaired) electrons. The SMILES string of the molecule is C=CC(=O)[C@H](C[C@@H]1CCNC1=O)NC(=O)[C@@H]1[C@@H]2[C@H](CN1C(=O)[C@@H](NC(=O)C1CC1)C1CCCCC1)C2(C)C. The molecule has 3 saturated carbocycles. The van der Waals surface area contributed by atoms with Crippen molar-refractivity contribution in [2.45, 2.75) is 89.8 Å². The van der Waals surface area contributed by atoms with Crippen LogP contribution in [0.4, 0.5) is 0 Å². The second-order valence-electron chi connectivity index (χ2n) is 12.7. The summed E-state index contributed by atoms with van der Waals surface area (Å²) in [5.41, 5.74) is -0.0837. The zero-order valence-electron chi connectivity index (χ0n) is 22.7. The molecule has 3 N–H and O–H groups in total. The van der Waals surface area contributed by atoms with Gasteiger partial charge < -0.3 is 20.9 Å². The standard InChI is InChI=1S/C29H42N4O5/c1-4-21(34)20(14-18-12-13-30-25(18)35)31-27(37)24-22-19(29(22,2)3)15-33(24)28(38)23(16-8-6-5-7-9-16)32-26(36)17-10-11-17/h4,16-20,22-24H,1,5-15H2,2-3H3,(H,30,35)(H,31,37)(H,32,36)/t18-,19-,20-,22-,23-,24-/m0/s1. The smallest absolute Gasteiger partial charge is 0.246 e. The molecule has 2 aliphatic heterocycles. The average molecular weight is 527 g/mol. The number of ketones is 1. The van der Waals surface area contributed by atoms with Crippen LogP contribution in [0.25, 0.3) is 0 Å². The van der Waals surface area contributed by atoms with E-state index in [9.17, 15) is 24.0 Å². The van der Waals surface area contributed by atoms with Gasteiger partial charge in [-0.1, -0.05) is 39.7 Å². The van der Waals surface area contributed by atoms with E-state index in [1.807, 2.05) is 0 Å². The summed E-state index contributed by atoms with van der Waals surface area (Å²) in [7, 11) is 0. The molecule has 0 aromatic rings. The Bertz CT molecular complexity index is 1010. The maximum absolute atomic E-state index is 14.1. The molecule has 0 spiro atoms. The highest BCUT2D eigenvalue weighted by Crippen LogP contribution is 2.65. The lowest BCUT2D eigenvalue weighted by molar-refractivity contribution is -0.145. The summed E-state index contributed by atoms with van der Waals surface area (Å²) >= 11 is 0. The van der Waals surface area contributed by atoms with Crippen molar-refractivity contribution in [3.8, 4) is 0 Å². The molecule has 9 heteroatoms. The van der Waals surface area contributed by atoms with Gasteiger partial charge in [-0.2, -0.15) is 0 Å². The minimum Gasteiger partial charge on any atom is -0.356 e. The van der Waals surface area contributed by atoms with Gasteiger partial charge in [0.2, 0.25) is 23.6 Å². The molecule has 5 fully saturated rings. The lowest BCUT2D eigenvalue weighted by Gasteiger charge is -2.37. The first kappa shape index (κ1) is 26.9. The normalized spacial score (nSPS) is 31.5. The lowest BCUT2D eigenvalue weighted by Crippen LogP contribution is -2.59. The number of likely N-dealkylation sites (tertiary alicyclic amines) is 1. The number of amides is 4. The molecule has 208 valence electrons. The van der Waals surface area contributed by atoms with E-state index in [0.717, 1.165) is 44.9 Å². The maximum Gasteiger partial charge on any atom is 0.246 e. The largest absolute Gasteiger partial charge is 0.356 e. The Morgan fingerprint density at radius 2 is 1.76 bits per heavy atom. The molecule has 9 nitrogen and oxygen atoms in total. The third kappa shape index (κ3) is 5.13. The number of fused-ring (bicyclic) bond motifs is 1. The Balaban J connectivity index is 1.35. The number of piperidine rings is 1. The zero-order chi connectivity index (χ0) is 27.2. The number of hydrogen-bond acceptors (Lipinski definition) is 5. The van der Waals surface area contributed by atoms with Crippen LogP contribution >= 0.6 is 0 Å². The molecule has 0 bridgehead atoms. The molecule has 2 heterocycles. The predicted molar refractivity (Wildman–Crippen MR) is 140 cm³/mol. The van der Waals surface area contributed by atoms with Crippen molar-refractivity contribution in [3.63, 3.8) is 0 Å². The van der Waals surface area contributed by atoms with Crippen molar-refractivity contribution in [3.05, 3.63) is 12.7 Å². The van der Waals surface area contributed by atoms with Gasteiger partial charge in [0.25, 0.3) is 0 Å². The van der Waals surface area contributed by atoms with Crippen LogP contribution in [0.2, 0.25) is 0 Å². The van der Waals surface area contributed by atoms with Gasteiger partial charge in [0.15, 0.2) is 5.78 Å². The van der Waals surface area contributed by atoms with Crippen molar-refractivity contribution in [1.29, 1.82) is 0 Å². The molecule has 0 aromatic carbocycles. The molecule has 38 heavy (non-hydrogen) atoms. The van der Waals surface area contributed by atoms with E-state index in [2.05, 4.69) is 36.4 Å². The third-order valence-electron chi connectivity index (χ3n) is 9.94. The summed E-state index contributed by atoms with van der Waals surface area (Å²) in [6.45, 7) is 8.86. The Morgan fingerprint density at radius 1 is 1.05 bits per heavy atom. The second kappa shape index (κ2) is 10.5. The van der Waals surface area contributed by atoms with E-state index < -0.39 is 18.1 Å². The van der Waals surface area contributed by atoms with E-state index >= 15 is 0 Å². The molecule has 2 saturated heterocycles. The fraction of sp³-hybridized carbons (Fsp3) is 0.759. The van der Waals surface area contributed by atoms with Crippen molar-refractivity contribution < 1.29 is 24.0 Å². The summed E-state index contributed by atoms with van der Waals surface area (Å²) in [4.78, 5) is 67.3. The van der Waals surface area contributed by atoms with E-state index in [1.54, 1.807) is 4.90 Å². The van der Waals surface area contributed by atoms with Crippen LogP contribution in [0.5, 0.6) is 0 Å². The molecule has 0 aromatic heterocycles. The Morgan fingerprint density at radius 3 is 2.37 bits per heavy atom. The van der Waals surface area contributed by atoms with Crippen LogP contribution in [0, 0.1) is 35.0 Å². The van der Waals surface area contributed by atoms with Crippen LogP contribution in [-0.2, 0) is 24.0 Å². The molecular formula is C29H42N4O5. The number of hydrogen-bond donors (Lipinski definition) is 3. The number of carbonyl (C=O) groups excluding carboxylic acids is 5. The van der Waals surface area contributed by atoms with Gasteiger partial charge in [-0.3, -0.25) is 24.0 Å². The quantitative estimate of drug-likeness (QED) is 0.374. The number of carbonyl (C=O) groups is 5. The van der Waals surface area contributed by atoms with Crippen molar-refractivity contribution in [2.75, 3.05) is 13.1 Å². The molecular weight excluding hydrogens is 484 g/mol. The van der Waals surface area contributed by atoms with E-state index in [-0.39, 0.29) is 70.8 Å². The summed E-state index contributed by atoms with van der Waals surface area (Å²) in [6, 6.07) is -2.19. The topological polar surface area (TPSA) is 125 Å². The van der Waals surface area contributed by atoms with Gasteiger partial charge in [0.1, 0.15) is 12.1 Å². The Kier molecular flexibility index (Phi) is 7.40. The fourth-order valence-electron chi connectivity index (χ4n) is 7.26. The highest BCUT2D eigenvalue weighted by molar-refractivity contribution is 5.99. The van der Waals surface area contributed by atoms with E-state index in [4.69, 9.17) is 0 Å². The second-order valence-corrected chi connectivity index (χ2v) is 12.7. The average Bonchev–Trinajstić information content (AvgIpc) is 3.72. The van der Waals surface area contributed by atoms with Crippen molar-refractivity contribution in [2.24, 2.45) is 35.0 Å². The predicted octanol–water partition coefficient (Wildman–Crippen LogP) is 1.71.